The van der Waals surface area contributed by atoms with Crippen LogP contribution < -0.4 is 10.9 Å². The molecule has 0 saturated carbocycles. The maximum atomic E-state index is 13.7. The second-order valence-corrected chi connectivity index (χ2v) is 10.6. The Labute approximate surface area is 214 Å². The number of rotatable bonds is 5. The molecule has 0 saturated heterocycles. The highest BCUT2D eigenvalue weighted by atomic mass is 32.2. The average Bonchev–Trinajstić information content (AvgIpc) is 3.43. The summed E-state index contributed by atoms with van der Waals surface area (Å²) in [5.74, 6) is -0.125. The van der Waals surface area contributed by atoms with E-state index in [1.807, 2.05) is 74.5 Å². The highest BCUT2D eigenvalue weighted by Crippen LogP contribution is 2.28. The van der Waals surface area contributed by atoms with Crippen molar-refractivity contribution >= 4 is 66.3 Å². The van der Waals surface area contributed by atoms with E-state index in [2.05, 4.69) is 21.4 Å². The van der Waals surface area contributed by atoms with E-state index in [0.29, 0.717) is 21.3 Å². The fraction of sp³-hybridized carbons (Fsp3) is 0.111. The Morgan fingerprint density at radius 2 is 1.78 bits per heavy atom. The van der Waals surface area contributed by atoms with E-state index in [1.165, 1.54) is 23.1 Å². The van der Waals surface area contributed by atoms with Crippen LogP contribution in [0.1, 0.15) is 11.1 Å². The summed E-state index contributed by atoms with van der Waals surface area (Å²) in [5.41, 5.74) is 5.34. The molecule has 6 aromatic rings. The van der Waals surface area contributed by atoms with Crippen LogP contribution >= 0.6 is 23.1 Å². The number of nitrogens with zero attached hydrogens (tertiary/aromatic N) is 3. The zero-order chi connectivity index (χ0) is 24.8. The van der Waals surface area contributed by atoms with Crippen LogP contribution in [0.5, 0.6) is 0 Å². The number of para-hydroxylation sites is 2. The second-order valence-electron chi connectivity index (χ2n) is 8.60. The number of aromatic amines is 1. The summed E-state index contributed by atoms with van der Waals surface area (Å²) in [7, 11) is 0. The summed E-state index contributed by atoms with van der Waals surface area (Å²) < 4.78 is 2.60. The standard InChI is InChI=1S/C27H21N5O2S2/c1-15-11-16(2)13-17(12-15)32-25(34)24-23(18-7-3-4-8-19(18)28-24)31-27(32)35-14-22(33)30-26-29-20-9-5-6-10-21(20)36-26/h3-13,28H,14H2,1-2H3,(H,29,30,33). The van der Waals surface area contributed by atoms with E-state index in [1.54, 1.807) is 4.57 Å². The number of thiazole rings is 1. The fourth-order valence-corrected chi connectivity index (χ4v) is 6.05. The molecule has 0 bridgehead atoms. The third kappa shape index (κ3) is 4.06. The predicted molar refractivity (Wildman–Crippen MR) is 148 cm³/mol. The van der Waals surface area contributed by atoms with Crippen molar-refractivity contribution in [2.24, 2.45) is 0 Å². The molecule has 3 aromatic carbocycles. The zero-order valence-corrected chi connectivity index (χ0v) is 21.2. The van der Waals surface area contributed by atoms with Gasteiger partial charge in [-0.15, -0.1) is 0 Å². The predicted octanol–water partition coefficient (Wildman–Crippen LogP) is 5.82. The van der Waals surface area contributed by atoms with Crippen molar-refractivity contribution in [2.45, 2.75) is 19.0 Å². The molecule has 0 atom stereocenters. The minimum Gasteiger partial charge on any atom is -0.349 e. The Hall–Kier alpha value is -3.95. The molecule has 3 heterocycles. The Kier molecular flexibility index (Phi) is 5.58. The van der Waals surface area contributed by atoms with Gasteiger partial charge < -0.3 is 10.3 Å². The van der Waals surface area contributed by atoms with Gasteiger partial charge in [-0.25, -0.2) is 9.97 Å². The number of nitrogens with one attached hydrogen (secondary N) is 2. The molecule has 0 radical (unpaired) electrons. The first-order chi connectivity index (χ1) is 17.5. The molecule has 0 fully saturated rings. The Morgan fingerprint density at radius 3 is 2.58 bits per heavy atom. The smallest absolute Gasteiger partial charge is 0.283 e. The summed E-state index contributed by atoms with van der Waals surface area (Å²) >= 11 is 2.66. The molecular formula is C27H21N5O2S2. The first-order valence-corrected chi connectivity index (χ1v) is 13.2. The van der Waals surface area contributed by atoms with E-state index in [-0.39, 0.29) is 17.2 Å². The van der Waals surface area contributed by atoms with Crippen LogP contribution in [-0.4, -0.2) is 31.2 Å². The van der Waals surface area contributed by atoms with Gasteiger partial charge in [0.15, 0.2) is 10.3 Å². The van der Waals surface area contributed by atoms with Gasteiger partial charge in [-0.2, -0.15) is 0 Å². The van der Waals surface area contributed by atoms with Gasteiger partial charge in [-0.05, 0) is 55.3 Å². The molecule has 36 heavy (non-hydrogen) atoms. The third-order valence-corrected chi connectivity index (χ3v) is 7.72. The Morgan fingerprint density at radius 1 is 1.03 bits per heavy atom. The van der Waals surface area contributed by atoms with E-state index >= 15 is 0 Å². The van der Waals surface area contributed by atoms with Gasteiger partial charge in [-0.3, -0.25) is 14.2 Å². The van der Waals surface area contributed by atoms with Gasteiger partial charge in [0.25, 0.3) is 5.56 Å². The fourth-order valence-electron chi connectivity index (χ4n) is 4.36. The molecule has 0 aliphatic carbocycles. The third-order valence-electron chi connectivity index (χ3n) is 5.83. The van der Waals surface area contributed by atoms with Gasteiger partial charge in [0.05, 0.1) is 21.7 Å². The Bertz CT molecular complexity index is 1800. The molecule has 3 aromatic heterocycles. The van der Waals surface area contributed by atoms with Gasteiger partial charge in [-0.1, -0.05) is 59.5 Å². The van der Waals surface area contributed by atoms with Gasteiger partial charge >= 0.3 is 0 Å². The lowest BCUT2D eigenvalue weighted by Crippen LogP contribution is -2.23. The number of aromatic nitrogens is 4. The van der Waals surface area contributed by atoms with Crippen molar-refractivity contribution < 1.29 is 4.79 Å². The van der Waals surface area contributed by atoms with E-state index in [0.717, 1.165) is 37.9 Å². The number of aryl methyl sites for hydroxylation is 2. The maximum absolute atomic E-state index is 13.7. The normalized spacial score (nSPS) is 11.5. The largest absolute Gasteiger partial charge is 0.349 e. The number of amides is 1. The van der Waals surface area contributed by atoms with E-state index in [4.69, 9.17) is 4.98 Å². The molecular weight excluding hydrogens is 490 g/mol. The quantitative estimate of drug-likeness (QED) is 0.225. The minimum absolute atomic E-state index is 0.0844. The van der Waals surface area contributed by atoms with E-state index in [9.17, 15) is 9.59 Å². The van der Waals surface area contributed by atoms with Gasteiger partial charge in [0.1, 0.15) is 11.0 Å². The number of carbonyl (C=O) groups excluding carboxylic acids is 1. The van der Waals surface area contributed by atoms with Crippen LogP contribution in [0.3, 0.4) is 0 Å². The van der Waals surface area contributed by atoms with Crippen molar-refractivity contribution in [3.05, 3.63) is 88.2 Å². The zero-order valence-electron chi connectivity index (χ0n) is 19.5. The van der Waals surface area contributed by atoms with Crippen LogP contribution in [0.4, 0.5) is 5.13 Å². The lowest BCUT2D eigenvalue weighted by Gasteiger charge is -2.13. The molecule has 178 valence electrons. The number of H-pyrrole nitrogens is 1. The lowest BCUT2D eigenvalue weighted by molar-refractivity contribution is -0.113. The molecule has 0 unspecified atom stereocenters. The van der Waals surface area contributed by atoms with Crippen molar-refractivity contribution in [1.29, 1.82) is 0 Å². The molecule has 6 rings (SSSR count). The number of fused-ring (bicyclic) bond motifs is 4. The molecule has 0 spiro atoms. The van der Waals surface area contributed by atoms with Crippen molar-refractivity contribution in [1.82, 2.24) is 19.5 Å². The number of hydrogen-bond acceptors (Lipinski definition) is 6. The van der Waals surface area contributed by atoms with Gasteiger partial charge in [0.2, 0.25) is 5.91 Å². The topological polar surface area (TPSA) is 92.7 Å². The van der Waals surface area contributed by atoms with Crippen LogP contribution in [0.2, 0.25) is 0 Å². The molecule has 1 amide bonds. The molecule has 0 aliphatic rings. The number of hydrogen-bond donors (Lipinski definition) is 2. The van der Waals surface area contributed by atoms with Crippen molar-refractivity contribution in [3.63, 3.8) is 0 Å². The number of carbonyl (C=O) groups is 1. The second kappa shape index (κ2) is 8.92. The summed E-state index contributed by atoms with van der Waals surface area (Å²) in [6.07, 6.45) is 0. The number of benzene rings is 3. The van der Waals surface area contributed by atoms with Crippen LogP contribution in [0.15, 0.2) is 76.7 Å². The monoisotopic (exact) mass is 511 g/mol. The summed E-state index contributed by atoms with van der Waals surface area (Å²) in [4.78, 5) is 39.2. The van der Waals surface area contributed by atoms with Crippen molar-refractivity contribution in [2.75, 3.05) is 11.1 Å². The SMILES string of the molecule is Cc1cc(C)cc(-n2c(SCC(=O)Nc3nc4ccccc4s3)nc3c([nH]c4ccccc43)c2=O)c1. The number of thioether (sulfide) groups is 1. The molecule has 0 aliphatic heterocycles. The van der Waals surface area contributed by atoms with Crippen LogP contribution in [-0.2, 0) is 4.79 Å². The highest BCUT2D eigenvalue weighted by molar-refractivity contribution is 7.99. The molecule has 9 heteroatoms. The molecule has 2 N–H and O–H groups in total. The lowest BCUT2D eigenvalue weighted by atomic mass is 10.1. The molecule has 7 nitrogen and oxygen atoms in total. The summed E-state index contributed by atoms with van der Waals surface area (Å²) in [5, 5.41) is 4.76. The first-order valence-electron chi connectivity index (χ1n) is 11.4. The summed E-state index contributed by atoms with van der Waals surface area (Å²) in [6, 6.07) is 21.4. The Balaban J connectivity index is 1.40. The van der Waals surface area contributed by atoms with Gasteiger partial charge in [0, 0.05) is 10.9 Å². The van der Waals surface area contributed by atoms with E-state index < -0.39 is 0 Å². The van der Waals surface area contributed by atoms with Crippen LogP contribution in [0, 0.1) is 13.8 Å². The van der Waals surface area contributed by atoms with Crippen molar-refractivity contribution in [3.8, 4) is 5.69 Å². The maximum Gasteiger partial charge on any atom is 0.283 e. The first kappa shape index (κ1) is 22.5. The highest BCUT2D eigenvalue weighted by Gasteiger charge is 2.19. The van der Waals surface area contributed by atoms with Crippen LogP contribution in [0.25, 0.3) is 37.8 Å². The number of anilines is 1. The average molecular weight is 512 g/mol. The minimum atomic E-state index is -0.209. The summed E-state index contributed by atoms with van der Waals surface area (Å²) in [6.45, 7) is 3.99.